The van der Waals surface area contributed by atoms with Gasteiger partial charge in [0.25, 0.3) is 0 Å². The van der Waals surface area contributed by atoms with Gasteiger partial charge in [-0.05, 0) is 18.6 Å². The van der Waals surface area contributed by atoms with Crippen LogP contribution in [0.25, 0.3) is 0 Å². The van der Waals surface area contributed by atoms with Crippen molar-refractivity contribution < 1.29 is 20.4 Å². The number of carbonyl (C=O) groups is 1. The second-order valence-corrected chi connectivity index (χ2v) is 5.25. The molecule has 0 aromatic carbocycles. The third kappa shape index (κ3) is 10.9. The molecule has 0 aliphatic carbocycles. The smallest absolute Gasteiger partial charge is 0.165 e. The second kappa shape index (κ2) is 16.0. The molecule has 0 fully saturated rings. The zero-order chi connectivity index (χ0) is 18.9. The van der Waals surface area contributed by atoms with Gasteiger partial charge in [0.05, 0.1) is 33.0 Å². The lowest BCUT2D eigenvalue weighted by Crippen LogP contribution is -2.15. The summed E-state index contributed by atoms with van der Waals surface area (Å²) in [6.45, 7) is 11.4. The van der Waals surface area contributed by atoms with Crippen LogP contribution in [0.1, 0.15) is 45.9 Å². The minimum absolute atomic E-state index is 0. The molecule has 6 heteroatoms. The number of anilines is 1. The monoisotopic (exact) mass is 356 g/mol. The Morgan fingerprint density at radius 1 is 1.20 bits per heavy atom. The molecule has 0 bridgehead atoms. The van der Waals surface area contributed by atoms with Gasteiger partial charge in [-0.2, -0.15) is 0 Å². The van der Waals surface area contributed by atoms with Gasteiger partial charge in [0.15, 0.2) is 5.78 Å². The standard InChI is InChI=1S/C17H28N2O4.C2H6.H2/c1-4-14(2)17(20)15-5-6-18-16(13-15)19-7-8-22-11-12-23-10-9-21-3;1-2;/h5-6,13-14H,4,7-12H2,1-3H3,(H,18,19);1-2H3;1H. The van der Waals surface area contributed by atoms with Crippen molar-refractivity contribution in [3.63, 3.8) is 0 Å². The van der Waals surface area contributed by atoms with E-state index in [1.807, 2.05) is 27.7 Å². The Bertz CT molecular complexity index is 461. The summed E-state index contributed by atoms with van der Waals surface area (Å²) in [5.74, 6) is 0.883. The lowest BCUT2D eigenvalue weighted by atomic mass is 9.98. The maximum absolute atomic E-state index is 12.1. The summed E-state index contributed by atoms with van der Waals surface area (Å²) in [5, 5.41) is 3.16. The molecule has 1 heterocycles. The molecule has 1 aromatic heterocycles. The Kier molecular flexibility index (Phi) is 15.0. The molecule has 0 aliphatic heterocycles. The molecule has 1 aromatic rings. The van der Waals surface area contributed by atoms with E-state index in [2.05, 4.69) is 10.3 Å². The van der Waals surface area contributed by atoms with E-state index in [0.29, 0.717) is 51.0 Å². The molecule has 0 spiro atoms. The molecule has 1 unspecified atom stereocenters. The first-order chi connectivity index (χ1) is 12.2. The van der Waals surface area contributed by atoms with Gasteiger partial charge in [0.2, 0.25) is 0 Å². The fraction of sp³-hybridized carbons (Fsp3) is 0.684. The Morgan fingerprint density at radius 2 is 1.84 bits per heavy atom. The highest BCUT2D eigenvalue weighted by molar-refractivity contribution is 5.98. The largest absolute Gasteiger partial charge is 0.382 e. The van der Waals surface area contributed by atoms with Crippen LogP contribution in [0, 0.1) is 5.92 Å². The number of hydrogen-bond donors (Lipinski definition) is 1. The average molecular weight is 357 g/mol. The summed E-state index contributed by atoms with van der Waals surface area (Å²) >= 11 is 0. The molecular weight excluding hydrogens is 320 g/mol. The highest BCUT2D eigenvalue weighted by Crippen LogP contribution is 2.14. The summed E-state index contributed by atoms with van der Waals surface area (Å²) in [7, 11) is 1.64. The van der Waals surface area contributed by atoms with Gasteiger partial charge in [0, 0.05) is 32.8 Å². The number of hydrogen-bond acceptors (Lipinski definition) is 6. The maximum Gasteiger partial charge on any atom is 0.165 e. The predicted octanol–water partition coefficient (Wildman–Crippen LogP) is 3.67. The maximum atomic E-state index is 12.1. The minimum Gasteiger partial charge on any atom is -0.382 e. The van der Waals surface area contributed by atoms with E-state index >= 15 is 0 Å². The second-order valence-electron chi connectivity index (χ2n) is 5.25. The molecule has 25 heavy (non-hydrogen) atoms. The number of ketones is 1. The van der Waals surface area contributed by atoms with Crippen molar-refractivity contribution >= 4 is 11.6 Å². The number of ether oxygens (including phenoxy) is 3. The van der Waals surface area contributed by atoms with Gasteiger partial charge in [-0.3, -0.25) is 4.79 Å². The van der Waals surface area contributed by atoms with Gasteiger partial charge < -0.3 is 19.5 Å². The van der Waals surface area contributed by atoms with Crippen LogP contribution in [-0.4, -0.2) is 57.5 Å². The highest BCUT2D eigenvalue weighted by Gasteiger charge is 2.13. The number of carbonyl (C=O) groups excluding carboxylic acids is 1. The number of methoxy groups -OCH3 is 1. The zero-order valence-corrected chi connectivity index (χ0v) is 16.3. The van der Waals surface area contributed by atoms with Crippen molar-refractivity contribution in [1.29, 1.82) is 0 Å². The Morgan fingerprint density at radius 3 is 2.48 bits per heavy atom. The van der Waals surface area contributed by atoms with Crippen molar-refractivity contribution in [2.24, 2.45) is 5.92 Å². The van der Waals surface area contributed by atoms with Crippen LogP contribution in [-0.2, 0) is 14.2 Å². The Labute approximate surface area is 153 Å². The first-order valence-electron chi connectivity index (χ1n) is 9.07. The van der Waals surface area contributed by atoms with Crippen molar-refractivity contribution in [3.8, 4) is 0 Å². The van der Waals surface area contributed by atoms with Crippen LogP contribution in [0.5, 0.6) is 0 Å². The summed E-state index contributed by atoms with van der Waals surface area (Å²) in [4.78, 5) is 16.4. The third-order valence-electron chi connectivity index (χ3n) is 3.46. The van der Waals surface area contributed by atoms with Crippen LogP contribution in [0.4, 0.5) is 5.82 Å². The molecule has 0 amide bonds. The van der Waals surface area contributed by atoms with Crippen molar-refractivity contribution in [2.45, 2.75) is 34.1 Å². The van der Waals surface area contributed by atoms with Gasteiger partial charge in [-0.1, -0.05) is 27.7 Å². The first kappa shape index (κ1) is 23.5. The summed E-state index contributed by atoms with van der Waals surface area (Å²) in [5.41, 5.74) is 0.698. The van der Waals surface area contributed by atoms with Gasteiger partial charge in [-0.15, -0.1) is 0 Å². The zero-order valence-electron chi connectivity index (χ0n) is 16.3. The number of rotatable bonds is 13. The fourth-order valence-corrected chi connectivity index (χ4v) is 1.87. The summed E-state index contributed by atoms with van der Waals surface area (Å²) < 4.78 is 15.6. The van der Waals surface area contributed by atoms with E-state index in [1.54, 1.807) is 25.4 Å². The molecule has 6 nitrogen and oxygen atoms in total. The van der Waals surface area contributed by atoms with E-state index in [9.17, 15) is 4.79 Å². The van der Waals surface area contributed by atoms with E-state index in [0.717, 1.165) is 6.42 Å². The Balaban J connectivity index is 0. The van der Waals surface area contributed by atoms with E-state index in [4.69, 9.17) is 14.2 Å². The van der Waals surface area contributed by atoms with Crippen LogP contribution in [0.2, 0.25) is 0 Å². The Hall–Kier alpha value is -1.50. The van der Waals surface area contributed by atoms with Gasteiger partial charge >= 0.3 is 0 Å². The van der Waals surface area contributed by atoms with Crippen molar-refractivity contribution in [3.05, 3.63) is 23.9 Å². The number of aromatic nitrogens is 1. The lowest BCUT2D eigenvalue weighted by molar-refractivity contribution is 0.0272. The molecule has 1 N–H and O–H groups in total. The molecule has 1 rings (SSSR count). The predicted molar refractivity (Wildman–Crippen MR) is 103 cm³/mol. The van der Waals surface area contributed by atoms with Gasteiger partial charge in [0.1, 0.15) is 5.82 Å². The lowest BCUT2D eigenvalue weighted by Gasteiger charge is -2.10. The molecule has 0 aliphatic rings. The molecule has 0 saturated carbocycles. The van der Waals surface area contributed by atoms with Crippen LogP contribution >= 0.6 is 0 Å². The normalized spacial score (nSPS) is 11.4. The average Bonchev–Trinajstić information content (AvgIpc) is 2.67. The first-order valence-corrected chi connectivity index (χ1v) is 9.07. The van der Waals surface area contributed by atoms with E-state index in [1.165, 1.54) is 0 Å². The molecule has 1 atom stereocenters. The number of nitrogens with zero attached hydrogens (tertiary/aromatic N) is 1. The van der Waals surface area contributed by atoms with Crippen molar-refractivity contribution in [2.75, 3.05) is 52.0 Å². The van der Waals surface area contributed by atoms with Crippen molar-refractivity contribution in [1.82, 2.24) is 4.98 Å². The van der Waals surface area contributed by atoms with E-state index < -0.39 is 0 Å². The molecule has 0 saturated heterocycles. The highest BCUT2D eigenvalue weighted by atomic mass is 16.5. The minimum atomic E-state index is 0. The number of Topliss-reactive ketones (excluding diaryl/α,β-unsaturated/α-hetero) is 1. The fourth-order valence-electron chi connectivity index (χ4n) is 1.87. The third-order valence-corrected chi connectivity index (χ3v) is 3.46. The number of nitrogens with one attached hydrogen (secondary N) is 1. The van der Waals surface area contributed by atoms with Crippen LogP contribution < -0.4 is 5.32 Å². The topological polar surface area (TPSA) is 69.7 Å². The quantitative estimate of drug-likeness (QED) is 0.429. The number of pyridine rings is 1. The van der Waals surface area contributed by atoms with Crippen LogP contribution in [0.15, 0.2) is 18.3 Å². The van der Waals surface area contributed by atoms with Crippen LogP contribution in [0.3, 0.4) is 0 Å². The SMILES string of the molecule is CC.CCC(C)C(=O)c1ccnc(NCCOCCOCCOC)c1.[HH]. The summed E-state index contributed by atoms with van der Waals surface area (Å²) in [6.07, 6.45) is 2.49. The van der Waals surface area contributed by atoms with Gasteiger partial charge in [-0.25, -0.2) is 4.98 Å². The van der Waals surface area contributed by atoms with E-state index in [-0.39, 0.29) is 13.1 Å². The molecule has 146 valence electrons. The molecular formula is C19H36N2O4. The molecule has 0 radical (unpaired) electrons. The summed E-state index contributed by atoms with van der Waals surface area (Å²) in [6, 6.07) is 3.55.